The summed E-state index contributed by atoms with van der Waals surface area (Å²) in [5.74, 6) is 1.31. The Hall–Kier alpha value is -1.72. The summed E-state index contributed by atoms with van der Waals surface area (Å²) in [6.07, 6.45) is 4.75. The first-order valence-corrected chi connectivity index (χ1v) is 9.72. The summed E-state index contributed by atoms with van der Waals surface area (Å²) in [4.78, 5) is 0. The van der Waals surface area contributed by atoms with Gasteiger partial charge in [0.2, 0.25) is 5.16 Å². The van der Waals surface area contributed by atoms with E-state index in [0.29, 0.717) is 11.3 Å². The largest absolute Gasteiger partial charge is 0.345 e. The molecule has 0 spiro atoms. The van der Waals surface area contributed by atoms with E-state index >= 15 is 0 Å². The van der Waals surface area contributed by atoms with Crippen molar-refractivity contribution < 1.29 is 4.57 Å². The van der Waals surface area contributed by atoms with Crippen molar-refractivity contribution in [3.05, 3.63) is 83.4 Å². The average Bonchev–Trinajstić information content (AvgIpc) is 2.65. The highest BCUT2D eigenvalue weighted by Gasteiger charge is 2.59. The van der Waals surface area contributed by atoms with Crippen LogP contribution in [0.15, 0.2) is 72.3 Å². The third kappa shape index (κ3) is 2.07. The van der Waals surface area contributed by atoms with Crippen LogP contribution in [-0.2, 0) is 9.72 Å². The Balaban J connectivity index is 1.95. The fourth-order valence-electron chi connectivity index (χ4n) is 4.82. The number of fused-ring (bicyclic) bond motifs is 1. The minimum Gasteiger partial charge on any atom is -0.0792 e. The van der Waals surface area contributed by atoms with Crippen LogP contribution in [0.3, 0.4) is 0 Å². The van der Waals surface area contributed by atoms with Crippen LogP contribution >= 0.6 is 8.46 Å². The maximum absolute atomic E-state index is 12.8. The van der Waals surface area contributed by atoms with Gasteiger partial charge in [0.25, 0.3) is 0 Å². The topological polar surface area (TPSA) is 17.1 Å². The molecule has 3 unspecified atom stereocenters. The molecule has 122 valence electrons. The van der Waals surface area contributed by atoms with Crippen LogP contribution < -0.4 is 0 Å². The van der Waals surface area contributed by atoms with E-state index in [2.05, 4.69) is 68.5 Å². The van der Waals surface area contributed by atoms with Gasteiger partial charge < -0.3 is 0 Å². The summed E-state index contributed by atoms with van der Waals surface area (Å²) in [6, 6.07) is 20.9. The Bertz CT molecular complexity index is 737. The Kier molecular flexibility index (Phi) is 3.73. The van der Waals surface area contributed by atoms with Crippen LogP contribution in [0, 0.1) is 17.3 Å². The van der Waals surface area contributed by atoms with E-state index in [1.165, 1.54) is 12.0 Å². The molecule has 0 N–H and O–H groups in total. The quantitative estimate of drug-likeness (QED) is 0.499. The second-order valence-corrected chi connectivity index (χ2v) is 8.74. The lowest BCUT2D eigenvalue weighted by atomic mass is 9.47. The molecule has 2 aromatic carbocycles. The summed E-state index contributed by atoms with van der Waals surface area (Å²) >= 11 is 0. The number of rotatable bonds is 4. The maximum Gasteiger partial charge on any atom is 0.345 e. The molecule has 3 aliphatic rings. The molecule has 2 bridgehead atoms. The third-order valence-corrected chi connectivity index (χ3v) is 7.64. The molecule has 0 radical (unpaired) electrons. The fourth-order valence-corrected chi connectivity index (χ4v) is 5.79. The van der Waals surface area contributed by atoms with Gasteiger partial charge in [-0.05, 0) is 35.7 Å². The number of hydrogen-bond acceptors (Lipinski definition) is 1. The number of hydrogen-bond donors (Lipinski definition) is 0. The van der Waals surface area contributed by atoms with Gasteiger partial charge >= 0.3 is 8.46 Å². The van der Waals surface area contributed by atoms with Crippen molar-refractivity contribution in [1.82, 2.24) is 0 Å². The molecule has 0 aromatic heterocycles. The molecule has 1 fully saturated rings. The van der Waals surface area contributed by atoms with Gasteiger partial charge in [0.15, 0.2) is 0 Å². The van der Waals surface area contributed by atoms with E-state index in [1.54, 1.807) is 0 Å². The molecule has 1 saturated carbocycles. The predicted molar refractivity (Wildman–Crippen MR) is 101 cm³/mol. The minimum atomic E-state index is -0.504. The summed E-state index contributed by atoms with van der Waals surface area (Å²) in [5.41, 5.74) is 3.99. The number of benzene rings is 2. The van der Waals surface area contributed by atoms with E-state index in [9.17, 15) is 4.57 Å². The van der Waals surface area contributed by atoms with E-state index in [0.717, 1.165) is 23.5 Å². The van der Waals surface area contributed by atoms with Crippen molar-refractivity contribution in [3.63, 3.8) is 0 Å². The SMILES string of the molecule is CC1(C)C2CC=C(C([PH+]=O)(c3ccccc3)c3ccccc3)C1C2. The number of allylic oxidation sites excluding steroid dienone is 2. The van der Waals surface area contributed by atoms with E-state index in [4.69, 9.17) is 0 Å². The second kappa shape index (κ2) is 5.67. The molecule has 3 aliphatic carbocycles. The molecule has 0 aliphatic heterocycles. The first-order chi connectivity index (χ1) is 11.6. The van der Waals surface area contributed by atoms with Crippen LogP contribution in [0.25, 0.3) is 0 Å². The zero-order chi connectivity index (χ0) is 16.8. The van der Waals surface area contributed by atoms with Crippen LogP contribution in [0.1, 0.15) is 37.8 Å². The van der Waals surface area contributed by atoms with E-state index in [1.807, 2.05) is 12.1 Å². The summed E-state index contributed by atoms with van der Waals surface area (Å²) in [6.45, 7) is 4.76. The van der Waals surface area contributed by atoms with Crippen molar-refractivity contribution in [2.75, 3.05) is 0 Å². The third-order valence-electron chi connectivity index (χ3n) is 6.47. The highest BCUT2D eigenvalue weighted by molar-refractivity contribution is 7.26. The first kappa shape index (κ1) is 15.8. The lowest BCUT2D eigenvalue weighted by Crippen LogP contribution is -2.51. The molecule has 5 rings (SSSR count). The van der Waals surface area contributed by atoms with Crippen molar-refractivity contribution in [2.45, 2.75) is 31.8 Å². The van der Waals surface area contributed by atoms with Crippen LogP contribution in [-0.4, -0.2) is 0 Å². The van der Waals surface area contributed by atoms with Crippen molar-refractivity contribution in [3.8, 4) is 0 Å². The smallest absolute Gasteiger partial charge is 0.0792 e. The highest BCUT2D eigenvalue weighted by atomic mass is 31.1. The maximum atomic E-state index is 12.8. The summed E-state index contributed by atoms with van der Waals surface area (Å²) < 4.78 is 12.8. The monoisotopic (exact) mass is 335 g/mol. The normalized spacial score (nSPS) is 25.0. The molecule has 1 nitrogen and oxygen atoms in total. The Labute approximate surface area is 146 Å². The first-order valence-electron chi connectivity index (χ1n) is 8.81. The van der Waals surface area contributed by atoms with Gasteiger partial charge in [0, 0.05) is 11.1 Å². The zero-order valence-corrected chi connectivity index (χ0v) is 15.3. The van der Waals surface area contributed by atoms with Crippen molar-refractivity contribution in [2.24, 2.45) is 17.3 Å². The summed E-state index contributed by atoms with van der Waals surface area (Å²) in [7, 11) is -0.427. The lowest BCUT2D eigenvalue weighted by Gasteiger charge is -2.57. The molecule has 2 heteroatoms. The Morgan fingerprint density at radius 2 is 1.50 bits per heavy atom. The van der Waals surface area contributed by atoms with Gasteiger partial charge in [-0.3, -0.25) is 0 Å². The average molecular weight is 335 g/mol. The lowest BCUT2D eigenvalue weighted by molar-refractivity contribution is -0.0103. The molecule has 2 aromatic rings. The van der Waals surface area contributed by atoms with Gasteiger partial charge in [0.05, 0.1) is 0 Å². The Morgan fingerprint density at radius 1 is 0.958 bits per heavy atom. The molecule has 24 heavy (non-hydrogen) atoms. The van der Waals surface area contributed by atoms with Gasteiger partial charge in [-0.15, -0.1) is 0 Å². The van der Waals surface area contributed by atoms with E-state index in [-0.39, 0.29) is 0 Å². The van der Waals surface area contributed by atoms with Crippen molar-refractivity contribution in [1.29, 1.82) is 0 Å². The molecule has 0 saturated heterocycles. The zero-order valence-electron chi connectivity index (χ0n) is 14.3. The van der Waals surface area contributed by atoms with Gasteiger partial charge in [-0.2, -0.15) is 0 Å². The van der Waals surface area contributed by atoms with Gasteiger partial charge in [-0.25, -0.2) is 0 Å². The van der Waals surface area contributed by atoms with Crippen LogP contribution in [0.4, 0.5) is 0 Å². The molecular weight excluding hydrogens is 311 g/mol. The summed E-state index contributed by atoms with van der Waals surface area (Å²) in [5, 5.41) is -0.504. The molecule has 0 amide bonds. The van der Waals surface area contributed by atoms with Gasteiger partial charge in [-0.1, -0.05) is 85.2 Å². The molecule has 0 heterocycles. The fraction of sp³-hybridized carbons (Fsp3) is 0.364. The van der Waals surface area contributed by atoms with Crippen LogP contribution in [0.5, 0.6) is 0 Å². The van der Waals surface area contributed by atoms with Crippen LogP contribution in [0.2, 0.25) is 0 Å². The van der Waals surface area contributed by atoms with E-state index < -0.39 is 13.6 Å². The van der Waals surface area contributed by atoms with Gasteiger partial charge in [0.1, 0.15) is 0 Å². The predicted octanol–water partition coefficient (Wildman–Crippen LogP) is 5.95. The highest BCUT2D eigenvalue weighted by Crippen LogP contribution is 2.65. The standard InChI is InChI=1S/C22H23OP/c1-21(2)18-13-14-19(20(21)15-18)22(24-23,16-9-5-3-6-10-16)17-11-7-4-8-12-17/h3-12,14,18,20H,13,15H2,1-2H3/p+1. The van der Waals surface area contributed by atoms with Crippen molar-refractivity contribution >= 4 is 8.46 Å². The minimum absolute atomic E-state index is 0.318. The Morgan fingerprint density at radius 3 is 1.92 bits per heavy atom. The molecule has 3 atom stereocenters. The molecular formula is C22H24OP+. The second-order valence-electron chi connectivity index (χ2n) is 7.79.